The van der Waals surface area contributed by atoms with Gasteiger partial charge in [0.2, 0.25) is 5.91 Å². The number of amides is 1. The fourth-order valence-corrected chi connectivity index (χ4v) is 7.19. The third-order valence-electron chi connectivity index (χ3n) is 6.23. The van der Waals surface area contributed by atoms with Crippen LogP contribution in [0.4, 0.5) is 5.69 Å². The predicted octanol–water partition coefficient (Wildman–Crippen LogP) is 3.94. The van der Waals surface area contributed by atoms with Gasteiger partial charge in [0.15, 0.2) is 5.82 Å². The lowest BCUT2D eigenvalue weighted by molar-refractivity contribution is -0.138. The number of rotatable bonds is 3. The Morgan fingerprint density at radius 3 is 2.68 bits per heavy atom. The van der Waals surface area contributed by atoms with Crippen molar-refractivity contribution in [3.63, 3.8) is 0 Å². The lowest BCUT2D eigenvalue weighted by Crippen LogP contribution is -2.57. The van der Waals surface area contributed by atoms with Gasteiger partial charge in [-0.2, -0.15) is 5.10 Å². The molecule has 4 fully saturated rings. The summed E-state index contributed by atoms with van der Waals surface area (Å²) in [6.45, 7) is 0. The summed E-state index contributed by atoms with van der Waals surface area (Å²) in [5, 5.41) is 7.44. The minimum absolute atomic E-state index is 0.159. The fourth-order valence-electron chi connectivity index (χ4n) is 5.74. The van der Waals surface area contributed by atoms with Crippen LogP contribution in [0, 0.1) is 17.3 Å². The van der Waals surface area contributed by atoms with Crippen LogP contribution in [0.15, 0.2) is 36.8 Å². The molecular formula is C19H21BrN4O. The van der Waals surface area contributed by atoms with E-state index in [0.29, 0.717) is 17.7 Å². The number of aromatic nitrogens is 3. The first-order valence-corrected chi connectivity index (χ1v) is 9.80. The largest absolute Gasteiger partial charge is 0.322 e. The van der Waals surface area contributed by atoms with E-state index in [4.69, 9.17) is 0 Å². The van der Waals surface area contributed by atoms with E-state index in [0.717, 1.165) is 24.9 Å². The Morgan fingerprint density at radius 1 is 1.20 bits per heavy atom. The van der Waals surface area contributed by atoms with Gasteiger partial charge in [0, 0.05) is 22.9 Å². The van der Waals surface area contributed by atoms with E-state index >= 15 is 0 Å². The Balaban J connectivity index is 1.45. The SMILES string of the molecule is O=C(Nc1cccnc1-n1cccn1)C12C[C@H]3C[C@@H](CC(Br)(C3)C1)C2. The maximum atomic E-state index is 13.3. The van der Waals surface area contributed by atoms with Crippen molar-refractivity contribution >= 4 is 27.5 Å². The number of hydrogen-bond acceptors (Lipinski definition) is 3. The number of halogens is 1. The van der Waals surface area contributed by atoms with Gasteiger partial charge >= 0.3 is 0 Å². The lowest BCUT2D eigenvalue weighted by atomic mass is 9.49. The highest BCUT2D eigenvalue weighted by Crippen LogP contribution is 2.64. The van der Waals surface area contributed by atoms with Crippen LogP contribution >= 0.6 is 15.9 Å². The summed E-state index contributed by atoms with van der Waals surface area (Å²) >= 11 is 3.99. The molecule has 6 rings (SSSR count). The predicted molar refractivity (Wildman–Crippen MR) is 98.8 cm³/mol. The highest BCUT2D eigenvalue weighted by atomic mass is 79.9. The van der Waals surface area contributed by atoms with Crippen molar-refractivity contribution in [1.82, 2.24) is 14.8 Å². The minimum atomic E-state index is -0.231. The molecule has 0 aliphatic heterocycles. The zero-order chi connectivity index (χ0) is 17.1. The van der Waals surface area contributed by atoms with Crippen molar-refractivity contribution in [2.75, 3.05) is 5.32 Å². The van der Waals surface area contributed by atoms with E-state index in [1.54, 1.807) is 17.1 Å². The third kappa shape index (κ3) is 2.53. The number of carbonyl (C=O) groups excluding carboxylic acids is 1. The molecule has 0 saturated heterocycles. The molecule has 2 aromatic heterocycles. The molecule has 4 bridgehead atoms. The standard InChI is InChI=1S/C19H21BrN4O/c20-19-10-13-7-14(11-19)9-18(8-13,12-19)17(25)23-15-3-1-4-21-16(15)24-6-2-5-22-24/h1-6,13-14H,7-12H2,(H,23,25)/t13-,14-,18?,19?/m1/s1. The lowest BCUT2D eigenvalue weighted by Gasteiger charge is -2.59. The second-order valence-electron chi connectivity index (χ2n) is 8.17. The van der Waals surface area contributed by atoms with Crippen molar-refractivity contribution < 1.29 is 4.79 Å². The van der Waals surface area contributed by atoms with Crippen LogP contribution < -0.4 is 5.32 Å². The molecule has 5 nitrogen and oxygen atoms in total. The first-order valence-electron chi connectivity index (χ1n) is 9.01. The molecular weight excluding hydrogens is 380 g/mol. The van der Waals surface area contributed by atoms with E-state index in [2.05, 4.69) is 31.3 Å². The summed E-state index contributed by atoms with van der Waals surface area (Å²) in [5.74, 6) is 2.20. The van der Waals surface area contributed by atoms with Crippen molar-refractivity contribution in [3.05, 3.63) is 36.8 Å². The second kappa shape index (κ2) is 5.40. The molecule has 1 amide bonds. The molecule has 4 saturated carbocycles. The van der Waals surface area contributed by atoms with Crippen LogP contribution in [-0.4, -0.2) is 25.0 Å². The van der Waals surface area contributed by atoms with E-state index in [-0.39, 0.29) is 15.6 Å². The zero-order valence-electron chi connectivity index (χ0n) is 14.0. The number of alkyl halides is 1. The van der Waals surface area contributed by atoms with Gasteiger partial charge in [0.05, 0.1) is 11.1 Å². The van der Waals surface area contributed by atoms with Gasteiger partial charge in [0.25, 0.3) is 0 Å². The summed E-state index contributed by atoms with van der Waals surface area (Å²) in [6, 6.07) is 5.62. The highest BCUT2D eigenvalue weighted by molar-refractivity contribution is 9.10. The maximum Gasteiger partial charge on any atom is 0.230 e. The normalized spacial score (nSPS) is 35.7. The van der Waals surface area contributed by atoms with Crippen LogP contribution in [0.25, 0.3) is 5.82 Å². The molecule has 2 atom stereocenters. The van der Waals surface area contributed by atoms with Crippen molar-refractivity contribution in [3.8, 4) is 5.82 Å². The van der Waals surface area contributed by atoms with Gasteiger partial charge in [-0.05, 0) is 68.6 Å². The quantitative estimate of drug-likeness (QED) is 0.793. The van der Waals surface area contributed by atoms with Crippen LogP contribution in [0.2, 0.25) is 0 Å². The summed E-state index contributed by atoms with van der Waals surface area (Å²) in [7, 11) is 0. The topological polar surface area (TPSA) is 59.8 Å². The number of pyridine rings is 1. The summed E-state index contributed by atoms with van der Waals surface area (Å²) in [6.07, 6.45) is 12.0. The van der Waals surface area contributed by atoms with E-state index in [1.807, 2.05) is 24.4 Å². The zero-order valence-corrected chi connectivity index (χ0v) is 15.6. The molecule has 2 aromatic rings. The molecule has 2 heterocycles. The van der Waals surface area contributed by atoms with Crippen LogP contribution in [0.3, 0.4) is 0 Å². The minimum Gasteiger partial charge on any atom is -0.322 e. The molecule has 0 unspecified atom stereocenters. The van der Waals surface area contributed by atoms with Gasteiger partial charge < -0.3 is 5.32 Å². The average Bonchev–Trinajstić information content (AvgIpc) is 3.07. The molecule has 6 heteroatoms. The Morgan fingerprint density at radius 2 is 2.00 bits per heavy atom. The molecule has 1 N–H and O–H groups in total. The number of anilines is 1. The molecule has 130 valence electrons. The number of nitrogens with one attached hydrogen (secondary N) is 1. The Kier molecular flexibility index (Phi) is 3.36. The van der Waals surface area contributed by atoms with Crippen LogP contribution in [0.5, 0.6) is 0 Å². The van der Waals surface area contributed by atoms with Gasteiger partial charge in [-0.15, -0.1) is 0 Å². The molecule has 4 aliphatic carbocycles. The van der Waals surface area contributed by atoms with Gasteiger partial charge in [-0.1, -0.05) is 15.9 Å². The van der Waals surface area contributed by atoms with Crippen molar-refractivity contribution in [2.45, 2.75) is 42.8 Å². The second-order valence-corrected chi connectivity index (χ2v) is 9.85. The number of hydrogen-bond donors (Lipinski definition) is 1. The molecule has 0 radical (unpaired) electrons. The Bertz CT molecular complexity index is 805. The molecule has 0 aromatic carbocycles. The first-order chi connectivity index (χ1) is 12.1. The van der Waals surface area contributed by atoms with E-state index in [9.17, 15) is 4.79 Å². The summed E-state index contributed by atoms with van der Waals surface area (Å²) in [4.78, 5) is 17.8. The van der Waals surface area contributed by atoms with Gasteiger partial charge in [0.1, 0.15) is 0 Å². The van der Waals surface area contributed by atoms with Gasteiger partial charge in [-0.3, -0.25) is 4.79 Å². The van der Waals surface area contributed by atoms with Crippen LogP contribution in [0.1, 0.15) is 38.5 Å². The Hall–Kier alpha value is -1.69. The monoisotopic (exact) mass is 400 g/mol. The average molecular weight is 401 g/mol. The smallest absolute Gasteiger partial charge is 0.230 e. The highest BCUT2D eigenvalue weighted by Gasteiger charge is 2.59. The van der Waals surface area contributed by atoms with E-state index < -0.39 is 0 Å². The van der Waals surface area contributed by atoms with Crippen molar-refractivity contribution in [1.29, 1.82) is 0 Å². The maximum absolute atomic E-state index is 13.3. The fraction of sp³-hybridized carbons (Fsp3) is 0.526. The summed E-state index contributed by atoms with van der Waals surface area (Å²) < 4.78 is 1.87. The van der Waals surface area contributed by atoms with E-state index in [1.165, 1.54) is 19.3 Å². The number of carbonyl (C=O) groups is 1. The Labute approximate surface area is 155 Å². The summed E-state index contributed by atoms with van der Waals surface area (Å²) in [5.41, 5.74) is 0.501. The molecule has 0 spiro atoms. The molecule has 25 heavy (non-hydrogen) atoms. The van der Waals surface area contributed by atoms with Crippen molar-refractivity contribution in [2.24, 2.45) is 17.3 Å². The van der Waals surface area contributed by atoms with Crippen LogP contribution in [-0.2, 0) is 4.79 Å². The van der Waals surface area contributed by atoms with Gasteiger partial charge in [-0.25, -0.2) is 9.67 Å². The first kappa shape index (κ1) is 15.6. The molecule has 4 aliphatic rings. The number of nitrogens with zero attached hydrogens (tertiary/aromatic N) is 3. The third-order valence-corrected chi connectivity index (χ3v) is 7.16.